The Labute approximate surface area is 103 Å². The molecule has 96 valence electrons. The quantitative estimate of drug-likeness (QED) is 0.754. The topological polar surface area (TPSA) is 48.2 Å². The number of ether oxygens (including phenoxy) is 1. The number of rotatable bonds is 4. The van der Waals surface area contributed by atoms with Crippen LogP contribution in [0.1, 0.15) is 70.0 Å². The van der Waals surface area contributed by atoms with Crippen molar-refractivity contribution in [3.8, 4) is 0 Å². The van der Waals surface area contributed by atoms with Crippen LogP contribution in [0.5, 0.6) is 0 Å². The molecule has 0 amide bonds. The maximum absolute atomic E-state index is 5.47. The molecule has 0 N–H and O–H groups in total. The third-order valence-electron chi connectivity index (χ3n) is 3.23. The fraction of sp³-hybridized carbons (Fsp3) is 0.846. The van der Waals surface area contributed by atoms with Crippen LogP contribution in [0.2, 0.25) is 0 Å². The van der Waals surface area contributed by atoms with E-state index in [0.717, 1.165) is 5.89 Å². The lowest BCUT2D eigenvalue weighted by Gasteiger charge is -2.07. The fourth-order valence-electron chi connectivity index (χ4n) is 2.26. The van der Waals surface area contributed by atoms with E-state index in [4.69, 9.17) is 9.26 Å². The van der Waals surface area contributed by atoms with Crippen molar-refractivity contribution in [1.82, 2.24) is 10.1 Å². The van der Waals surface area contributed by atoms with Crippen LogP contribution in [0.4, 0.5) is 0 Å². The first-order valence-electron chi connectivity index (χ1n) is 6.70. The van der Waals surface area contributed by atoms with Gasteiger partial charge in [0.1, 0.15) is 6.61 Å². The van der Waals surface area contributed by atoms with E-state index in [9.17, 15) is 0 Å². The van der Waals surface area contributed by atoms with E-state index in [2.05, 4.69) is 10.1 Å². The monoisotopic (exact) mass is 238 g/mol. The molecule has 1 heterocycles. The summed E-state index contributed by atoms with van der Waals surface area (Å²) in [5.41, 5.74) is 0. The SMILES string of the molecule is CC(C)OCc1noc(C2CCCCCC2)n1. The molecule has 2 rings (SSSR count). The van der Waals surface area contributed by atoms with Gasteiger partial charge in [-0.05, 0) is 26.7 Å². The second-order valence-electron chi connectivity index (χ2n) is 5.10. The summed E-state index contributed by atoms with van der Waals surface area (Å²) < 4.78 is 10.8. The Morgan fingerprint density at radius 1 is 1.24 bits per heavy atom. The molecule has 0 aromatic carbocycles. The maximum Gasteiger partial charge on any atom is 0.229 e. The molecule has 0 bridgehead atoms. The first kappa shape index (κ1) is 12.6. The minimum Gasteiger partial charge on any atom is -0.371 e. The van der Waals surface area contributed by atoms with E-state index >= 15 is 0 Å². The molecule has 0 spiro atoms. The van der Waals surface area contributed by atoms with Crippen molar-refractivity contribution in [2.45, 2.75) is 71.0 Å². The molecule has 0 atom stereocenters. The smallest absolute Gasteiger partial charge is 0.229 e. The van der Waals surface area contributed by atoms with Crippen LogP contribution < -0.4 is 0 Å². The summed E-state index contributed by atoms with van der Waals surface area (Å²) >= 11 is 0. The second kappa shape index (κ2) is 6.15. The van der Waals surface area contributed by atoms with E-state index in [0.29, 0.717) is 18.3 Å². The normalized spacial score (nSPS) is 18.5. The predicted octanol–water partition coefficient (Wildman–Crippen LogP) is 3.43. The molecule has 17 heavy (non-hydrogen) atoms. The molecule has 1 fully saturated rings. The Kier molecular flexibility index (Phi) is 4.54. The van der Waals surface area contributed by atoms with Gasteiger partial charge in [0.05, 0.1) is 6.10 Å². The Morgan fingerprint density at radius 3 is 2.59 bits per heavy atom. The first-order chi connectivity index (χ1) is 8.25. The molecule has 0 saturated heterocycles. The average Bonchev–Trinajstić information content (AvgIpc) is 2.60. The summed E-state index contributed by atoms with van der Waals surface area (Å²) in [7, 11) is 0. The van der Waals surface area contributed by atoms with Gasteiger partial charge in [-0.15, -0.1) is 0 Å². The molecule has 4 heteroatoms. The third kappa shape index (κ3) is 3.80. The number of nitrogens with zero attached hydrogens (tertiary/aromatic N) is 2. The Hall–Kier alpha value is -0.900. The molecule has 1 aliphatic carbocycles. The van der Waals surface area contributed by atoms with Crippen LogP contribution >= 0.6 is 0 Å². The molecule has 1 saturated carbocycles. The lowest BCUT2D eigenvalue weighted by Crippen LogP contribution is -2.04. The van der Waals surface area contributed by atoms with Crippen molar-refractivity contribution in [3.63, 3.8) is 0 Å². The summed E-state index contributed by atoms with van der Waals surface area (Å²) in [6, 6.07) is 0. The molecule has 0 unspecified atom stereocenters. The molecular formula is C13H22N2O2. The summed E-state index contributed by atoms with van der Waals surface area (Å²) in [4.78, 5) is 4.44. The molecule has 4 nitrogen and oxygen atoms in total. The summed E-state index contributed by atoms with van der Waals surface area (Å²) in [6.45, 7) is 4.46. The molecular weight excluding hydrogens is 216 g/mol. The van der Waals surface area contributed by atoms with E-state index in [1.54, 1.807) is 0 Å². The highest BCUT2D eigenvalue weighted by Gasteiger charge is 2.20. The number of hydrogen-bond acceptors (Lipinski definition) is 4. The zero-order valence-electron chi connectivity index (χ0n) is 10.8. The second-order valence-corrected chi connectivity index (χ2v) is 5.10. The minimum absolute atomic E-state index is 0.204. The standard InChI is InChI=1S/C13H22N2O2/c1-10(2)16-9-12-14-13(17-15-12)11-7-5-3-4-6-8-11/h10-11H,3-9H2,1-2H3. The van der Waals surface area contributed by atoms with Gasteiger partial charge < -0.3 is 9.26 Å². The van der Waals surface area contributed by atoms with Crippen molar-refractivity contribution in [3.05, 3.63) is 11.7 Å². The highest BCUT2D eigenvalue weighted by Crippen LogP contribution is 2.30. The van der Waals surface area contributed by atoms with Gasteiger partial charge >= 0.3 is 0 Å². The lowest BCUT2D eigenvalue weighted by atomic mass is 10.0. The van der Waals surface area contributed by atoms with Gasteiger partial charge in [-0.25, -0.2) is 0 Å². The third-order valence-corrected chi connectivity index (χ3v) is 3.23. The predicted molar refractivity (Wildman–Crippen MR) is 64.7 cm³/mol. The van der Waals surface area contributed by atoms with Gasteiger partial charge in [-0.2, -0.15) is 4.98 Å². The molecule has 1 aromatic heterocycles. The van der Waals surface area contributed by atoms with E-state index < -0.39 is 0 Å². The molecule has 0 radical (unpaired) electrons. The van der Waals surface area contributed by atoms with Gasteiger partial charge in [0.25, 0.3) is 0 Å². The fourth-order valence-corrected chi connectivity index (χ4v) is 2.26. The maximum atomic E-state index is 5.47. The van der Waals surface area contributed by atoms with Crippen molar-refractivity contribution in [1.29, 1.82) is 0 Å². The van der Waals surface area contributed by atoms with Gasteiger partial charge in [-0.3, -0.25) is 0 Å². The largest absolute Gasteiger partial charge is 0.371 e. The summed E-state index contributed by atoms with van der Waals surface area (Å²) in [5.74, 6) is 1.96. The molecule has 1 aromatic rings. The summed E-state index contributed by atoms with van der Waals surface area (Å²) in [6.07, 6.45) is 7.83. The first-order valence-corrected chi connectivity index (χ1v) is 6.70. The van der Waals surface area contributed by atoms with Crippen LogP contribution in [-0.4, -0.2) is 16.2 Å². The van der Waals surface area contributed by atoms with Crippen LogP contribution in [0.3, 0.4) is 0 Å². The van der Waals surface area contributed by atoms with Crippen molar-refractivity contribution < 1.29 is 9.26 Å². The Bertz CT molecular complexity index is 328. The van der Waals surface area contributed by atoms with E-state index in [1.807, 2.05) is 13.8 Å². The molecule has 1 aliphatic rings. The van der Waals surface area contributed by atoms with Gasteiger partial charge in [0.2, 0.25) is 5.89 Å². The van der Waals surface area contributed by atoms with Gasteiger partial charge in [-0.1, -0.05) is 30.8 Å². The lowest BCUT2D eigenvalue weighted by molar-refractivity contribution is 0.0601. The number of aromatic nitrogens is 2. The van der Waals surface area contributed by atoms with Gasteiger partial charge in [0, 0.05) is 5.92 Å². The zero-order valence-corrected chi connectivity index (χ0v) is 10.8. The highest BCUT2D eigenvalue weighted by molar-refractivity contribution is 4.94. The van der Waals surface area contributed by atoms with E-state index in [1.165, 1.54) is 38.5 Å². The zero-order chi connectivity index (χ0) is 12.1. The Balaban J connectivity index is 1.92. The van der Waals surface area contributed by atoms with Crippen LogP contribution in [0.25, 0.3) is 0 Å². The molecule has 0 aliphatic heterocycles. The number of hydrogen-bond donors (Lipinski definition) is 0. The van der Waals surface area contributed by atoms with Crippen LogP contribution in [0, 0.1) is 0 Å². The van der Waals surface area contributed by atoms with E-state index in [-0.39, 0.29) is 6.10 Å². The minimum atomic E-state index is 0.204. The van der Waals surface area contributed by atoms with Gasteiger partial charge in [0.15, 0.2) is 5.82 Å². The van der Waals surface area contributed by atoms with Crippen molar-refractivity contribution in [2.24, 2.45) is 0 Å². The summed E-state index contributed by atoms with van der Waals surface area (Å²) in [5, 5.41) is 3.98. The van der Waals surface area contributed by atoms with Crippen LogP contribution in [0.15, 0.2) is 4.52 Å². The van der Waals surface area contributed by atoms with Crippen LogP contribution in [-0.2, 0) is 11.3 Å². The Morgan fingerprint density at radius 2 is 1.94 bits per heavy atom. The average molecular weight is 238 g/mol. The van der Waals surface area contributed by atoms with Crippen molar-refractivity contribution in [2.75, 3.05) is 0 Å². The highest BCUT2D eigenvalue weighted by atomic mass is 16.5. The van der Waals surface area contributed by atoms with Crippen molar-refractivity contribution >= 4 is 0 Å².